The van der Waals surface area contributed by atoms with E-state index in [1.54, 1.807) is 17.8 Å². The number of nitrogens with zero attached hydrogens (tertiary/aromatic N) is 4. The van der Waals surface area contributed by atoms with E-state index in [0.29, 0.717) is 5.69 Å². The smallest absolute Gasteiger partial charge is 0.352 e. The number of para-hydroxylation sites is 1. The number of hydrogen-bond donors (Lipinski definition) is 1. The normalized spacial score (nSPS) is 11.4. The molecular formula is C16H13N5O2. The van der Waals surface area contributed by atoms with Gasteiger partial charge in [0.15, 0.2) is 11.5 Å². The zero-order chi connectivity index (χ0) is 16.1. The number of hydrogen-bond acceptors (Lipinski definition) is 4. The molecule has 4 rings (SSSR count). The van der Waals surface area contributed by atoms with Crippen molar-refractivity contribution in [2.75, 3.05) is 0 Å². The molecular weight excluding hydrogens is 294 g/mol. The van der Waals surface area contributed by atoms with E-state index in [-0.39, 0.29) is 11.5 Å². The number of aromatic nitrogens is 5. The average molecular weight is 307 g/mol. The second kappa shape index (κ2) is 4.64. The van der Waals surface area contributed by atoms with Crippen LogP contribution in [0.15, 0.2) is 46.1 Å². The summed E-state index contributed by atoms with van der Waals surface area (Å²) in [6, 6.07) is 9.86. The lowest BCUT2D eigenvalue weighted by Crippen LogP contribution is -2.36. The molecule has 0 amide bonds. The van der Waals surface area contributed by atoms with Crippen molar-refractivity contribution in [2.24, 2.45) is 14.1 Å². The van der Waals surface area contributed by atoms with E-state index >= 15 is 0 Å². The van der Waals surface area contributed by atoms with Gasteiger partial charge in [0.25, 0.3) is 5.56 Å². The molecule has 114 valence electrons. The first kappa shape index (κ1) is 13.4. The van der Waals surface area contributed by atoms with Gasteiger partial charge < -0.3 is 9.55 Å². The maximum Gasteiger partial charge on any atom is 0.352 e. The summed E-state index contributed by atoms with van der Waals surface area (Å²) in [7, 11) is 3.14. The Morgan fingerprint density at radius 2 is 1.87 bits per heavy atom. The molecule has 1 N–H and O–H groups in total. The number of aromatic amines is 1. The van der Waals surface area contributed by atoms with Crippen LogP contribution in [0.2, 0.25) is 0 Å². The van der Waals surface area contributed by atoms with Crippen molar-refractivity contribution in [3.8, 4) is 22.9 Å². The van der Waals surface area contributed by atoms with Gasteiger partial charge in [0, 0.05) is 31.2 Å². The zero-order valence-electron chi connectivity index (χ0n) is 12.6. The molecule has 7 heteroatoms. The van der Waals surface area contributed by atoms with Crippen LogP contribution in [0.4, 0.5) is 0 Å². The summed E-state index contributed by atoms with van der Waals surface area (Å²) < 4.78 is 2.61. The van der Waals surface area contributed by atoms with E-state index in [1.165, 1.54) is 7.05 Å². The fraction of sp³-hybridized carbons (Fsp3) is 0.125. The summed E-state index contributed by atoms with van der Waals surface area (Å²) in [5, 5.41) is 1.06. The number of nitrogens with one attached hydrogen (secondary N) is 1. The summed E-state index contributed by atoms with van der Waals surface area (Å²) in [6.07, 6.45) is 1.75. The minimum Gasteiger partial charge on any atom is -0.353 e. The Kier molecular flexibility index (Phi) is 2.71. The van der Waals surface area contributed by atoms with E-state index in [0.717, 1.165) is 21.2 Å². The first-order valence-corrected chi connectivity index (χ1v) is 7.07. The number of rotatable bonds is 1. The standard InChI is InChI=1S/C16H13N5O2/c1-20-8-12(11-7-9-5-3-4-6-10(9)17-11)18-13-14(20)19-16(23)21(2)15(13)22/h3-8,17H,1-2H3. The summed E-state index contributed by atoms with van der Waals surface area (Å²) in [4.78, 5) is 35.6. The first-order valence-electron chi connectivity index (χ1n) is 7.07. The van der Waals surface area contributed by atoms with Crippen LogP contribution in [0.25, 0.3) is 33.8 Å². The molecule has 0 spiro atoms. The van der Waals surface area contributed by atoms with E-state index in [2.05, 4.69) is 15.0 Å². The molecule has 0 radical (unpaired) electrons. The highest BCUT2D eigenvalue weighted by atomic mass is 16.2. The molecule has 2 aromatic rings. The van der Waals surface area contributed by atoms with Gasteiger partial charge in [-0.1, -0.05) is 18.2 Å². The Hall–Kier alpha value is -3.22. The second-order valence-electron chi connectivity index (χ2n) is 5.44. The van der Waals surface area contributed by atoms with Crippen molar-refractivity contribution in [1.29, 1.82) is 0 Å². The molecule has 2 aliphatic rings. The lowest BCUT2D eigenvalue weighted by molar-refractivity contribution is 0.739. The summed E-state index contributed by atoms with van der Waals surface area (Å²) in [5.74, 6) is 0.276. The SMILES string of the molecule is Cn1cc(-c2cc3ccccc3[nH]2)nc2c(=O)n(C)c(=O)nc1-2. The van der Waals surface area contributed by atoms with Gasteiger partial charge in [-0.3, -0.25) is 9.36 Å². The zero-order valence-corrected chi connectivity index (χ0v) is 12.6. The second-order valence-corrected chi connectivity index (χ2v) is 5.44. The largest absolute Gasteiger partial charge is 0.353 e. The molecule has 0 unspecified atom stereocenters. The molecule has 0 bridgehead atoms. The summed E-state index contributed by atoms with van der Waals surface area (Å²) in [6.45, 7) is 0. The molecule has 0 aliphatic carbocycles. The predicted octanol–water partition coefficient (Wildman–Crippen LogP) is 1.13. The van der Waals surface area contributed by atoms with Crippen molar-refractivity contribution in [2.45, 2.75) is 0 Å². The van der Waals surface area contributed by atoms with Crippen molar-refractivity contribution >= 4 is 10.9 Å². The minimum atomic E-state index is -0.585. The summed E-state index contributed by atoms with van der Waals surface area (Å²) in [5.41, 5.74) is 1.55. The molecule has 3 heterocycles. The monoisotopic (exact) mass is 307 g/mol. The van der Waals surface area contributed by atoms with Crippen molar-refractivity contribution in [1.82, 2.24) is 24.1 Å². The lowest BCUT2D eigenvalue weighted by Gasteiger charge is -2.11. The van der Waals surface area contributed by atoms with Gasteiger partial charge in [0.05, 0.1) is 5.69 Å². The van der Waals surface area contributed by atoms with Crippen LogP contribution in [0.5, 0.6) is 0 Å². The van der Waals surface area contributed by atoms with Crippen LogP contribution < -0.4 is 11.2 Å². The van der Waals surface area contributed by atoms with Crippen molar-refractivity contribution < 1.29 is 0 Å². The lowest BCUT2D eigenvalue weighted by atomic mass is 10.2. The highest BCUT2D eigenvalue weighted by Crippen LogP contribution is 2.24. The van der Waals surface area contributed by atoms with E-state index in [9.17, 15) is 9.59 Å². The molecule has 1 aromatic heterocycles. The number of fused-ring (bicyclic) bond motifs is 2. The Balaban J connectivity index is 2.03. The maximum atomic E-state index is 12.3. The van der Waals surface area contributed by atoms with Crippen LogP contribution in [0.1, 0.15) is 0 Å². The number of H-pyrrole nitrogens is 1. The molecule has 0 saturated heterocycles. The topological polar surface area (TPSA) is 85.6 Å². The average Bonchev–Trinajstić information content (AvgIpc) is 2.97. The van der Waals surface area contributed by atoms with Crippen molar-refractivity contribution in [3.05, 3.63) is 57.4 Å². The molecule has 23 heavy (non-hydrogen) atoms. The quantitative estimate of drug-likeness (QED) is 0.571. The molecule has 2 aliphatic heterocycles. The van der Waals surface area contributed by atoms with E-state index in [4.69, 9.17) is 0 Å². The minimum absolute atomic E-state index is 0.172. The molecule has 0 saturated carbocycles. The van der Waals surface area contributed by atoms with Crippen LogP contribution in [-0.4, -0.2) is 24.1 Å². The predicted molar refractivity (Wildman–Crippen MR) is 86.4 cm³/mol. The van der Waals surface area contributed by atoms with Crippen LogP contribution >= 0.6 is 0 Å². The van der Waals surface area contributed by atoms with Gasteiger partial charge in [-0.15, -0.1) is 0 Å². The number of benzene rings is 1. The Morgan fingerprint density at radius 1 is 1.09 bits per heavy atom. The molecule has 7 nitrogen and oxygen atoms in total. The molecule has 1 aromatic carbocycles. The fourth-order valence-corrected chi connectivity index (χ4v) is 2.64. The van der Waals surface area contributed by atoms with Gasteiger partial charge in [-0.2, -0.15) is 4.98 Å². The molecule has 0 fully saturated rings. The van der Waals surface area contributed by atoms with Crippen LogP contribution in [0.3, 0.4) is 0 Å². The maximum absolute atomic E-state index is 12.3. The summed E-state index contributed by atoms with van der Waals surface area (Å²) >= 11 is 0. The third-order valence-electron chi connectivity index (χ3n) is 3.90. The van der Waals surface area contributed by atoms with E-state index in [1.807, 2.05) is 30.3 Å². The molecule has 0 atom stereocenters. The van der Waals surface area contributed by atoms with Gasteiger partial charge >= 0.3 is 5.69 Å². The highest BCUT2D eigenvalue weighted by molar-refractivity contribution is 5.85. The Labute approximate surface area is 130 Å². The van der Waals surface area contributed by atoms with Gasteiger partial charge in [-0.25, -0.2) is 9.78 Å². The van der Waals surface area contributed by atoms with Crippen LogP contribution in [-0.2, 0) is 14.1 Å². The van der Waals surface area contributed by atoms with Gasteiger partial charge in [-0.05, 0) is 12.1 Å². The third kappa shape index (κ3) is 1.97. The fourth-order valence-electron chi connectivity index (χ4n) is 2.64. The Morgan fingerprint density at radius 3 is 2.65 bits per heavy atom. The first-order chi connectivity index (χ1) is 11.0. The highest BCUT2D eigenvalue weighted by Gasteiger charge is 2.18. The van der Waals surface area contributed by atoms with Gasteiger partial charge in [0.2, 0.25) is 0 Å². The van der Waals surface area contributed by atoms with Gasteiger partial charge in [0.1, 0.15) is 5.69 Å². The van der Waals surface area contributed by atoms with E-state index < -0.39 is 11.2 Å². The van der Waals surface area contributed by atoms with Crippen LogP contribution in [0, 0.1) is 0 Å². The number of aryl methyl sites for hydroxylation is 1. The Bertz CT molecular complexity index is 1100. The third-order valence-corrected chi connectivity index (χ3v) is 3.90. The van der Waals surface area contributed by atoms with Crippen molar-refractivity contribution in [3.63, 3.8) is 0 Å².